The second-order valence-electron chi connectivity index (χ2n) is 5.57. The fourth-order valence-corrected chi connectivity index (χ4v) is 2.50. The van der Waals surface area contributed by atoms with Crippen LogP contribution in [-0.2, 0) is 4.79 Å². The first-order chi connectivity index (χ1) is 7.66. The first-order valence-corrected chi connectivity index (χ1v) is 6.71. The molecule has 0 spiro atoms. The van der Waals surface area contributed by atoms with Gasteiger partial charge < -0.3 is 10.2 Å². The summed E-state index contributed by atoms with van der Waals surface area (Å²) in [6.45, 7) is 6.13. The van der Waals surface area contributed by atoms with E-state index in [1.54, 1.807) is 0 Å². The van der Waals surface area contributed by atoms with E-state index >= 15 is 0 Å². The van der Waals surface area contributed by atoms with Crippen LogP contribution in [0.25, 0.3) is 0 Å². The van der Waals surface area contributed by atoms with E-state index in [1.165, 1.54) is 25.7 Å². The predicted octanol–water partition coefficient (Wildman–Crippen LogP) is 1.78. The van der Waals surface area contributed by atoms with E-state index in [9.17, 15) is 4.79 Å². The van der Waals surface area contributed by atoms with Crippen molar-refractivity contribution >= 4 is 5.91 Å². The van der Waals surface area contributed by atoms with E-state index in [-0.39, 0.29) is 6.04 Å². The van der Waals surface area contributed by atoms with Gasteiger partial charge in [-0.3, -0.25) is 4.79 Å². The molecule has 1 N–H and O–H groups in total. The summed E-state index contributed by atoms with van der Waals surface area (Å²) in [5.41, 5.74) is 0. The minimum atomic E-state index is 0.0842. The summed E-state index contributed by atoms with van der Waals surface area (Å²) in [6.07, 6.45) is 6.36. The van der Waals surface area contributed by atoms with Crippen LogP contribution in [0, 0.1) is 5.92 Å². The zero-order valence-corrected chi connectivity index (χ0v) is 10.5. The lowest BCUT2D eigenvalue weighted by molar-refractivity contribution is -0.129. The third-order valence-electron chi connectivity index (χ3n) is 3.57. The Bertz CT molecular complexity index is 248. The molecule has 1 atom stereocenters. The van der Waals surface area contributed by atoms with Crippen molar-refractivity contribution in [2.24, 2.45) is 5.92 Å². The number of amides is 1. The van der Waals surface area contributed by atoms with Gasteiger partial charge in [-0.2, -0.15) is 0 Å². The van der Waals surface area contributed by atoms with Crippen LogP contribution >= 0.6 is 0 Å². The summed E-state index contributed by atoms with van der Waals surface area (Å²) in [4.78, 5) is 14.0. The SMILES string of the molecule is CC(C)NC1CCN(CCCC2CC2)C1=O. The first-order valence-electron chi connectivity index (χ1n) is 6.71. The monoisotopic (exact) mass is 224 g/mol. The second kappa shape index (κ2) is 5.17. The number of nitrogens with zero attached hydrogens (tertiary/aromatic N) is 1. The van der Waals surface area contributed by atoms with Crippen molar-refractivity contribution in [1.82, 2.24) is 10.2 Å². The molecular weight excluding hydrogens is 200 g/mol. The van der Waals surface area contributed by atoms with Crippen LogP contribution in [-0.4, -0.2) is 36.0 Å². The topological polar surface area (TPSA) is 32.3 Å². The number of rotatable bonds is 6. The fraction of sp³-hybridized carbons (Fsp3) is 0.923. The van der Waals surface area contributed by atoms with Crippen molar-refractivity contribution in [1.29, 1.82) is 0 Å². The molecule has 3 heteroatoms. The molecule has 0 aromatic carbocycles. The van der Waals surface area contributed by atoms with Gasteiger partial charge in [0.1, 0.15) is 0 Å². The van der Waals surface area contributed by atoms with Gasteiger partial charge in [-0.15, -0.1) is 0 Å². The number of hydrogen-bond acceptors (Lipinski definition) is 2. The van der Waals surface area contributed by atoms with E-state index in [0.29, 0.717) is 11.9 Å². The summed E-state index contributed by atoms with van der Waals surface area (Å²) >= 11 is 0. The van der Waals surface area contributed by atoms with Crippen molar-refractivity contribution in [3.05, 3.63) is 0 Å². The Morgan fingerprint density at radius 2 is 2.12 bits per heavy atom. The van der Waals surface area contributed by atoms with Crippen LogP contribution < -0.4 is 5.32 Å². The highest BCUT2D eigenvalue weighted by Crippen LogP contribution is 2.33. The predicted molar refractivity (Wildman–Crippen MR) is 65.2 cm³/mol. The summed E-state index contributed by atoms with van der Waals surface area (Å²) in [6, 6.07) is 0.487. The summed E-state index contributed by atoms with van der Waals surface area (Å²) in [5, 5.41) is 3.34. The molecule has 2 rings (SSSR count). The summed E-state index contributed by atoms with van der Waals surface area (Å²) in [5.74, 6) is 1.31. The number of nitrogens with one attached hydrogen (secondary N) is 1. The normalized spacial score (nSPS) is 25.8. The van der Waals surface area contributed by atoms with Gasteiger partial charge in [0.15, 0.2) is 0 Å². The minimum absolute atomic E-state index is 0.0842. The third kappa shape index (κ3) is 3.21. The molecule has 0 radical (unpaired) electrons. The molecule has 92 valence electrons. The Balaban J connectivity index is 1.68. The van der Waals surface area contributed by atoms with Gasteiger partial charge in [-0.05, 0) is 25.2 Å². The van der Waals surface area contributed by atoms with Crippen molar-refractivity contribution in [3.8, 4) is 0 Å². The van der Waals surface area contributed by atoms with Crippen LogP contribution in [0.4, 0.5) is 0 Å². The highest BCUT2D eigenvalue weighted by molar-refractivity contribution is 5.83. The van der Waals surface area contributed by atoms with E-state index < -0.39 is 0 Å². The van der Waals surface area contributed by atoms with Gasteiger partial charge in [-0.1, -0.05) is 26.7 Å². The van der Waals surface area contributed by atoms with Crippen LogP contribution in [0.2, 0.25) is 0 Å². The highest BCUT2D eigenvalue weighted by Gasteiger charge is 2.31. The molecule has 2 aliphatic rings. The van der Waals surface area contributed by atoms with Crippen molar-refractivity contribution in [3.63, 3.8) is 0 Å². The first kappa shape index (κ1) is 11.9. The van der Waals surface area contributed by atoms with Gasteiger partial charge in [-0.25, -0.2) is 0 Å². The molecule has 16 heavy (non-hydrogen) atoms. The van der Waals surface area contributed by atoms with Gasteiger partial charge in [0.2, 0.25) is 5.91 Å². The zero-order chi connectivity index (χ0) is 11.5. The maximum absolute atomic E-state index is 12.0. The van der Waals surface area contributed by atoms with Crippen LogP contribution in [0.5, 0.6) is 0 Å². The van der Waals surface area contributed by atoms with Gasteiger partial charge >= 0.3 is 0 Å². The third-order valence-corrected chi connectivity index (χ3v) is 3.57. The molecule has 1 saturated carbocycles. The molecule has 1 saturated heterocycles. The largest absolute Gasteiger partial charge is 0.341 e. The van der Waals surface area contributed by atoms with Gasteiger partial charge in [0.25, 0.3) is 0 Å². The van der Waals surface area contributed by atoms with E-state index in [4.69, 9.17) is 0 Å². The molecular formula is C13H24N2O. The van der Waals surface area contributed by atoms with E-state index in [1.807, 2.05) is 4.90 Å². The minimum Gasteiger partial charge on any atom is -0.341 e. The Kier molecular flexibility index (Phi) is 3.85. The van der Waals surface area contributed by atoms with Crippen molar-refractivity contribution < 1.29 is 4.79 Å². The Labute approximate surface area is 98.6 Å². The molecule has 0 bridgehead atoms. The summed E-state index contributed by atoms with van der Waals surface area (Å²) in [7, 11) is 0. The van der Waals surface area contributed by atoms with Crippen molar-refractivity contribution in [2.75, 3.05) is 13.1 Å². The van der Waals surface area contributed by atoms with Gasteiger partial charge in [0, 0.05) is 19.1 Å². The molecule has 2 fully saturated rings. The highest BCUT2D eigenvalue weighted by atomic mass is 16.2. The molecule has 1 aliphatic heterocycles. The maximum Gasteiger partial charge on any atom is 0.239 e. The lowest BCUT2D eigenvalue weighted by Gasteiger charge is -2.18. The fourth-order valence-electron chi connectivity index (χ4n) is 2.50. The lowest BCUT2D eigenvalue weighted by atomic mass is 10.2. The van der Waals surface area contributed by atoms with Gasteiger partial charge in [0.05, 0.1) is 6.04 Å². The standard InChI is InChI=1S/C13H24N2O/c1-10(2)14-12-7-9-15(13(12)16)8-3-4-11-5-6-11/h10-12,14H,3-9H2,1-2H3. The van der Waals surface area contributed by atoms with Crippen LogP contribution in [0.15, 0.2) is 0 Å². The molecule has 1 unspecified atom stereocenters. The maximum atomic E-state index is 12.0. The Morgan fingerprint density at radius 1 is 1.38 bits per heavy atom. The van der Waals surface area contributed by atoms with Crippen LogP contribution in [0.1, 0.15) is 46.0 Å². The Hall–Kier alpha value is -0.570. The number of carbonyl (C=O) groups excluding carboxylic acids is 1. The molecule has 1 amide bonds. The number of carbonyl (C=O) groups is 1. The number of likely N-dealkylation sites (tertiary alicyclic amines) is 1. The molecule has 3 nitrogen and oxygen atoms in total. The quantitative estimate of drug-likeness (QED) is 0.746. The van der Waals surface area contributed by atoms with E-state index in [0.717, 1.165) is 25.4 Å². The van der Waals surface area contributed by atoms with Crippen LogP contribution in [0.3, 0.4) is 0 Å². The van der Waals surface area contributed by atoms with E-state index in [2.05, 4.69) is 19.2 Å². The zero-order valence-electron chi connectivity index (χ0n) is 10.5. The van der Waals surface area contributed by atoms with Crippen molar-refractivity contribution in [2.45, 2.75) is 58.0 Å². The summed E-state index contributed by atoms with van der Waals surface area (Å²) < 4.78 is 0. The average Bonchev–Trinajstić information content (AvgIpc) is 2.98. The molecule has 0 aromatic rings. The molecule has 1 aliphatic carbocycles. The lowest BCUT2D eigenvalue weighted by Crippen LogP contribution is -2.41. The number of hydrogen-bond donors (Lipinski definition) is 1. The smallest absolute Gasteiger partial charge is 0.239 e. The second-order valence-corrected chi connectivity index (χ2v) is 5.57. The Morgan fingerprint density at radius 3 is 2.75 bits per heavy atom. The average molecular weight is 224 g/mol. The molecule has 0 aromatic heterocycles. The molecule has 1 heterocycles.